The summed E-state index contributed by atoms with van der Waals surface area (Å²) in [6, 6.07) is 7.17. The number of esters is 1. The maximum absolute atomic E-state index is 14.2. The van der Waals surface area contributed by atoms with Gasteiger partial charge in [-0.05, 0) is 77.0 Å². The first kappa shape index (κ1) is 32.6. The van der Waals surface area contributed by atoms with Crippen LogP contribution in [0.2, 0.25) is 0 Å². The first-order valence-corrected chi connectivity index (χ1v) is 15.9. The van der Waals surface area contributed by atoms with E-state index in [1.807, 2.05) is 70.2 Å². The minimum Gasteiger partial charge on any atom is -0.455 e. The minimum absolute atomic E-state index is 0.248. The van der Waals surface area contributed by atoms with Crippen LogP contribution in [0.4, 0.5) is 0 Å². The number of nitrogens with one attached hydrogen (secondary N) is 3. The number of pyridine rings is 1. The van der Waals surface area contributed by atoms with E-state index in [0.29, 0.717) is 44.5 Å². The van der Waals surface area contributed by atoms with Crippen molar-refractivity contribution in [2.45, 2.75) is 97.1 Å². The van der Waals surface area contributed by atoms with E-state index in [2.05, 4.69) is 16.1 Å². The highest BCUT2D eigenvalue weighted by atomic mass is 16.5. The summed E-state index contributed by atoms with van der Waals surface area (Å²) < 4.78 is 11.8. The molecule has 45 heavy (non-hydrogen) atoms. The van der Waals surface area contributed by atoms with Crippen molar-refractivity contribution >= 4 is 40.7 Å². The number of hydrogen-bond donors (Lipinski definition) is 3. The minimum atomic E-state index is -0.935. The van der Waals surface area contributed by atoms with Gasteiger partial charge in [0.15, 0.2) is 0 Å². The van der Waals surface area contributed by atoms with Crippen LogP contribution in [0, 0.1) is 11.3 Å². The molecule has 5 rings (SSSR count). The molecular formula is C34H45N5O6. The second kappa shape index (κ2) is 12.9. The molecule has 0 aliphatic carbocycles. The van der Waals surface area contributed by atoms with Gasteiger partial charge in [-0.3, -0.25) is 24.2 Å². The lowest BCUT2D eigenvalue weighted by molar-refractivity contribution is -0.157. The standard InChI is InChI=1S/C34H45N5O6/c1-20(2)28-29(40)35-21(3)30(41)39-16-7-8-26(38-39)31(42)45-22(4)25-12-11-24-10-9-23(18-27(24)36-25)13-14-34(32(43)37-28)15-17-44-33(5,6)19-34/h9-14,18,20-22,26,28,38H,7-8,15-17,19H2,1-6H3,(H,35,40)(H,37,43)/t21-,22+,26-,28-,34?/m0/s1. The molecule has 1 spiro atoms. The van der Waals surface area contributed by atoms with Crippen molar-refractivity contribution < 1.29 is 28.7 Å². The molecule has 3 amide bonds. The molecule has 5 bridgehead atoms. The average molecular weight is 620 g/mol. The fourth-order valence-electron chi connectivity index (χ4n) is 6.41. The number of carbonyl (C=O) groups is 4. The van der Waals surface area contributed by atoms with Crippen LogP contribution in [0.3, 0.4) is 0 Å². The topological polar surface area (TPSA) is 139 Å². The Balaban J connectivity index is 1.55. The molecule has 3 aliphatic rings. The quantitative estimate of drug-likeness (QED) is 0.412. The summed E-state index contributed by atoms with van der Waals surface area (Å²) in [6.07, 6.45) is 5.18. The molecule has 11 heteroatoms. The van der Waals surface area contributed by atoms with Gasteiger partial charge in [-0.2, -0.15) is 0 Å². The van der Waals surface area contributed by atoms with E-state index < -0.39 is 47.1 Å². The van der Waals surface area contributed by atoms with Gasteiger partial charge in [0.25, 0.3) is 5.91 Å². The molecule has 5 atom stereocenters. The zero-order valence-electron chi connectivity index (χ0n) is 27.0. The van der Waals surface area contributed by atoms with Crippen LogP contribution in [0.15, 0.2) is 36.4 Å². The normalized spacial score (nSPS) is 29.9. The highest BCUT2D eigenvalue weighted by molar-refractivity contribution is 5.94. The Labute approximate surface area is 264 Å². The van der Waals surface area contributed by atoms with E-state index in [-0.39, 0.29) is 17.7 Å². The van der Waals surface area contributed by atoms with E-state index in [9.17, 15) is 19.2 Å². The van der Waals surface area contributed by atoms with Gasteiger partial charge < -0.3 is 20.1 Å². The number of rotatable bonds is 1. The van der Waals surface area contributed by atoms with Crippen molar-refractivity contribution in [2.24, 2.45) is 11.3 Å². The molecule has 2 aromatic rings. The van der Waals surface area contributed by atoms with Gasteiger partial charge in [0.05, 0.1) is 22.2 Å². The third-order valence-corrected chi connectivity index (χ3v) is 8.98. The molecule has 0 saturated carbocycles. The van der Waals surface area contributed by atoms with E-state index in [1.165, 1.54) is 5.01 Å². The summed E-state index contributed by atoms with van der Waals surface area (Å²) in [7, 11) is 0. The van der Waals surface area contributed by atoms with Crippen molar-refractivity contribution in [1.82, 2.24) is 26.1 Å². The second-order valence-corrected chi connectivity index (χ2v) is 13.5. The zero-order chi connectivity index (χ0) is 32.5. The lowest BCUT2D eigenvalue weighted by Crippen LogP contribution is -2.61. The predicted molar refractivity (Wildman–Crippen MR) is 169 cm³/mol. The molecule has 1 aromatic heterocycles. The van der Waals surface area contributed by atoms with Crippen molar-refractivity contribution in [2.75, 3.05) is 13.2 Å². The summed E-state index contributed by atoms with van der Waals surface area (Å²) in [5.41, 5.74) is 3.69. The lowest BCUT2D eigenvalue weighted by Gasteiger charge is -2.43. The van der Waals surface area contributed by atoms with Crippen LogP contribution in [0.1, 0.15) is 84.6 Å². The van der Waals surface area contributed by atoms with Crippen molar-refractivity contribution in [3.63, 3.8) is 0 Å². The number of carbonyl (C=O) groups excluding carboxylic acids is 4. The van der Waals surface area contributed by atoms with E-state index >= 15 is 0 Å². The van der Waals surface area contributed by atoms with Crippen LogP contribution in [0.5, 0.6) is 0 Å². The maximum Gasteiger partial charge on any atom is 0.325 e. The Kier molecular flexibility index (Phi) is 9.32. The number of aromatic nitrogens is 1. The van der Waals surface area contributed by atoms with E-state index in [4.69, 9.17) is 14.5 Å². The zero-order valence-corrected chi connectivity index (χ0v) is 27.0. The molecule has 3 aliphatic heterocycles. The van der Waals surface area contributed by atoms with Gasteiger partial charge >= 0.3 is 5.97 Å². The van der Waals surface area contributed by atoms with Crippen LogP contribution < -0.4 is 16.1 Å². The number of benzene rings is 1. The number of fused-ring (bicyclic) bond motifs is 4. The molecule has 1 aromatic carbocycles. The number of amides is 3. The molecule has 4 heterocycles. The fraction of sp³-hybridized carbons (Fsp3) is 0.559. The van der Waals surface area contributed by atoms with Crippen molar-refractivity contribution in [3.05, 3.63) is 47.7 Å². The van der Waals surface area contributed by atoms with Crippen LogP contribution >= 0.6 is 0 Å². The van der Waals surface area contributed by atoms with Gasteiger partial charge in [-0.1, -0.05) is 44.2 Å². The van der Waals surface area contributed by atoms with Crippen molar-refractivity contribution in [3.8, 4) is 0 Å². The number of cyclic esters (lactones) is 1. The van der Waals surface area contributed by atoms with Gasteiger partial charge in [0.2, 0.25) is 11.8 Å². The summed E-state index contributed by atoms with van der Waals surface area (Å²) in [5, 5.41) is 8.12. The highest BCUT2D eigenvalue weighted by Crippen LogP contribution is 2.41. The molecule has 2 saturated heterocycles. The Morgan fingerprint density at radius 2 is 1.80 bits per heavy atom. The summed E-state index contributed by atoms with van der Waals surface area (Å²) in [5.74, 6) is -1.83. The summed E-state index contributed by atoms with van der Waals surface area (Å²) in [4.78, 5) is 59.1. The largest absolute Gasteiger partial charge is 0.455 e. The van der Waals surface area contributed by atoms with Crippen LogP contribution in [-0.4, -0.2) is 70.6 Å². The number of ether oxygens (including phenoxy) is 2. The van der Waals surface area contributed by atoms with Crippen molar-refractivity contribution in [1.29, 1.82) is 0 Å². The molecule has 11 nitrogen and oxygen atoms in total. The summed E-state index contributed by atoms with van der Waals surface area (Å²) in [6.45, 7) is 11.8. The van der Waals surface area contributed by atoms with Gasteiger partial charge in [-0.15, -0.1) is 0 Å². The van der Waals surface area contributed by atoms with Gasteiger partial charge in [-0.25, -0.2) is 10.4 Å². The van der Waals surface area contributed by atoms with Gasteiger partial charge in [0, 0.05) is 18.5 Å². The predicted octanol–water partition coefficient (Wildman–Crippen LogP) is 3.58. The number of hydrogen-bond acceptors (Lipinski definition) is 8. The Bertz CT molecular complexity index is 1510. The Morgan fingerprint density at radius 3 is 2.53 bits per heavy atom. The molecule has 3 N–H and O–H groups in total. The third kappa shape index (κ3) is 7.20. The smallest absolute Gasteiger partial charge is 0.325 e. The Morgan fingerprint density at radius 1 is 1.04 bits per heavy atom. The monoisotopic (exact) mass is 619 g/mol. The van der Waals surface area contributed by atoms with Crippen LogP contribution in [-0.2, 0) is 28.7 Å². The third-order valence-electron chi connectivity index (χ3n) is 8.98. The van der Waals surface area contributed by atoms with E-state index in [1.54, 1.807) is 13.8 Å². The molecule has 0 radical (unpaired) electrons. The van der Waals surface area contributed by atoms with E-state index in [0.717, 1.165) is 16.5 Å². The Hall–Kier alpha value is -3.83. The van der Waals surface area contributed by atoms with Crippen LogP contribution in [0.25, 0.3) is 17.0 Å². The number of hydrazine groups is 1. The SMILES string of the molecule is CC(C)[C@@H]1NC(=O)C2(C=Cc3ccc4ccc(nc4c3)[C@@H](C)OC(=O)[C@@H]3CCCN(N3)C(=O)[C@H](C)NC1=O)CCOC(C)(C)C2. The molecule has 2 fully saturated rings. The average Bonchev–Trinajstić information content (AvgIpc) is 3.00. The first-order valence-electron chi connectivity index (χ1n) is 15.9. The molecular weight excluding hydrogens is 574 g/mol. The van der Waals surface area contributed by atoms with Gasteiger partial charge in [0.1, 0.15) is 24.2 Å². The lowest BCUT2D eigenvalue weighted by atomic mass is 9.72. The molecule has 242 valence electrons. The fourth-order valence-corrected chi connectivity index (χ4v) is 6.41. The molecule has 1 unspecified atom stereocenters. The first-order chi connectivity index (χ1) is 21.3. The highest BCUT2D eigenvalue weighted by Gasteiger charge is 2.46. The number of nitrogens with zero attached hydrogens (tertiary/aromatic N) is 2. The maximum atomic E-state index is 14.2. The summed E-state index contributed by atoms with van der Waals surface area (Å²) >= 11 is 0. The second-order valence-electron chi connectivity index (χ2n) is 13.5.